The largest absolute Gasteiger partial charge is 0.305 e. The molecule has 0 fully saturated rings. The summed E-state index contributed by atoms with van der Waals surface area (Å²) in [6.07, 6.45) is 2.91. The van der Waals surface area contributed by atoms with Gasteiger partial charge >= 0.3 is 0 Å². The Bertz CT molecular complexity index is 526. The monoisotopic (exact) mass is 274 g/mol. The van der Waals surface area contributed by atoms with Gasteiger partial charge in [-0.1, -0.05) is 36.7 Å². The van der Waals surface area contributed by atoms with Crippen LogP contribution in [0.2, 0.25) is 5.02 Å². The van der Waals surface area contributed by atoms with Crippen LogP contribution in [0.5, 0.6) is 0 Å². The van der Waals surface area contributed by atoms with E-state index in [2.05, 4.69) is 29.4 Å². The first kappa shape index (κ1) is 14.0. The number of pyridine rings is 1. The van der Waals surface area contributed by atoms with Crippen LogP contribution in [0.3, 0.4) is 0 Å². The summed E-state index contributed by atoms with van der Waals surface area (Å²) in [5, 5.41) is 4.33. The van der Waals surface area contributed by atoms with Gasteiger partial charge in [-0.15, -0.1) is 0 Å². The molecule has 0 saturated carbocycles. The summed E-state index contributed by atoms with van der Waals surface area (Å²) < 4.78 is 0. The van der Waals surface area contributed by atoms with E-state index in [9.17, 15) is 0 Å². The lowest BCUT2D eigenvalue weighted by molar-refractivity contribution is 0.586. The molecule has 19 heavy (non-hydrogen) atoms. The van der Waals surface area contributed by atoms with Gasteiger partial charge in [0.05, 0.1) is 11.7 Å². The SMILES string of the molecule is CCCNC(c1ccc(C)c(Cl)c1)c1ccccn1. The molecule has 2 nitrogen and oxygen atoms in total. The number of hydrogen-bond donors (Lipinski definition) is 1. The molecular formula is C16H19ClN2. The molecule has 0 radical (unpaired) electrons. The summed E-state index contributed by atoms with van der Waals surface area (Å²) >= 11 is 6.23. The molecule has 100 valence electrons. The van der Waals surface area contributed by atoms with E-state index in [1.165, 1.54) is 0 Å². The van der Waals surface area contributed by atoms with Gasteiger partial charge in [0.1, 0.15) is 0 Å². The Morgan fingerprint density at radius 1 is 1.26 bits per heavy atom. The highest BCUT2D eigenvalue weighted by atomic mass is 35.5. The standard InChI is InChI=1S/C16H19ClN2/c1-3-9-19-16(15-6-4-5-10-18-15)13-8-7-12(2)14(17)11-13/h4-8,10-11,16,19H,3,9H2,1-2H3. The van der Waals surface area contributed by atoms with Gasteiger partial charge in [-0.25, -0.2) is 0 Å². The van der Waals surface area contributed by atoms with Gasteiger partial charge in [0.25, 0.3) is 0 Å². The van der Waals surface area contributed by atoms with Crippen molar-refractivity contribution in [1.29, 1.82) is 0 Å². The number of hydrogen-bond acceptors (Lipinski definition) is 2. The number of nitrogens with one attached hydrogen (secondary N) is 1. The van der Waals surface area contributed by atoms with E-state index in [1.807, 2.05) is 37.4 Å². The van der Waals surface area contributed by atoms with E-state index in [1.54, 1.807) is 0 Å². The van der Waals surface area contributed by atoms with Crippen molar-refractivity contribution in [2.45, 2.75) is 26.3 Å². The molecule has 1 aromatic heterocycles. The van der Waals surface area contributed by atoms with Crippen LogP contribution < -0.4 is 5.32 Å². The Morgan fingerprint density at radius 2 is 2.11 bits per heavy atom. The van der Waals surface area contributed by atoms with Crippen molar-refractivity contribution < 1.29 is 0 Å². The van der Waals surface area contributed by atoms with Crippen molar-refractivity contribution in [3.63, 3.8) is 0 Å². The molecule has 0 aliphatic rings. The molecule has 0 aliphatic carbocycles. The maximum absolute atomic E-state index is 6.23. The predicted molar refractivity (Wildman–Crippen MR) is 80.6 cm³/mol. The third-order valence-corrected chi connectivity index (χ3v) is 3.52. The fraction of sp³-hybridized carbons (Fsp3) is 0.312. The second-order valence-electron chi connectivity index (χ2n) is 4.65. The molecule has 0 spiro atoms. The minimum Gasteiger partial charge on any atom is -0.305 e. The lowest BCUT2D eigenvalue weighted by atomic mass is 10.0. The molecule has 1 heterocycles. The highest BCUT2D eigenvalue weighted by Gasteiger charge is 2.15. The summed E-state index contributed by atoms with van der Waals surface area (Å²) in [6, 6.07) is 12.3. The molecule has 1 unspecified atom stereocenters. The van der Waals surface area contributed by atoms with Gasteiger partial charge in [-0.05, 0) is 49.2 Å². The van der Waals surface area contributed by atoms with Crippen molar-refractivity contribution in [3.05, 3.63) is 64.4 Å². The van der Waals surface area contributed by atoms with Gasteiger partial charge in [0.15, 0.2) is 0 Å². The molecule has 0 amide bonds. The van der Waals surface area contributed by atoms with Crippen molar-refractivity contribution >= 4 is 11.6 Å². The number of nitrogens with zero attached hydrogens (tertiary/aromatic N) is 1. The first-order valence-electron chi connectivity index (χ1n) is 6.62. The van der Waals surface area contributed by atoms with Crippen molar-refractivity contribution in [2.24, 2.45) is 0 Å². The lowest BCUT2D eigenvalue weighted by Crippen LogP contribution is -2.24. The summed E-state index contributed by atoms with van der Waals surface area (Å²) in [6.45, 7) is 5.12. The maximum Gasteiger partial charge on any atom is 0.0751 e. The van der Waals surface area contributed by atoms with E-state index in [-0.39, 0.29) is 6.04 Å². The maximum atomic E-state index is 6.23. The highest BCUT2D eigenvalue weighted by molar-refractivity contribution is 6.31. The molecule has 2 aromatic rings. The summed E-state index contributed by atoms with van der Waals surface area (Å²) in [7, 11) is 0. The van der Waals surface area contributed by atoms with Crippen LogP contribution in [0.15, 0.2) is 42.6 Å². The molecule has 1 aromatic carbocycles. The van der Waals surface area contributed by atoms with Gasteiger partial charge in [0.2, 0.25) is 0 Å². The molecule has 2 rings (SSSR count). The van der Waals surface area contributed by atoms with Gasteiger partial charge in [-0.3, -0.25) is 4.98 Å². The Balaban J connectivity index is 2.34. The van der Waals surface area contributed by atoms with Crippen LogP contribution in [0.1, 0.15) is 36.2 Å². The molecule has 3 heteroatoms. The Labute approximate surface area is 119 Å². The number of benzene rings is 1. The van der Waals surface area contributed by atoms with Crippen LogP contribution in [0, 0.1) is 6.92 Å². The minimum atomic E-state index is 0.0965. The van der Waals surface area contributed by atoms with E-state index >= 15 is 0 Å². The third-order valence-electron chi connectivity index (χ3n) is 3.11. The normalized spacial score (nSPS) is 12.4. The van der Waals surface area contributed by atoms with Crippen LogP contribution in [-0.4, -0.2) is 11.5 Å². The van der Waals surface area contributed by atoms with E-state index < -0.39 is 0 Å². The van der Waals surface area contributed by atoms with Gasteiger partial charge in [-0.2, -0.15) is 0 Å². The fourth-order valence-electron chi connectivity index (χ4n) is 2.02. The average molecular weight is 275 g/mol. The molecule has 0 aliphatic heterocycles. The Kier molecular flexibility index (Phi) is 4.94. The quantitative estimate of drug-likeness (QED) is 0.887. The molecule has 0 bridgehead atoms. The Morgan fingerprint density at radius 3 is 2.74 bits per heavy atom. The summed E-state index contributed by atoms with van der Waals surface area (Å²) in [5.41, 5.74) is 3.28. The number of halogens is 1. The second kappa shape index (κ2) is 6.69. The Hall–Kier alpha value is -1.38. The second-order valence-corrected chi connectivity index (χ2v) is 5.06. The zero-order valence-corrected chi connectivity index (χ0v) is 12.1. The first-order valence-corrected chi connectivity index (χ1v) is 7.00. The van der Waals surface area contributed by atoms with Crippen LogP contribution in [0.25, 0.3) is 0 Å². The van der Waals surface area contributed by atoms with E-state index in [4.69, 9.17) is 11.6 Å². The highest BCUT2D eigenvalue weighted by Crippen LogP contribution is 2.25. The van der Waals surface area contributed by atoms with Crippen LogP contribution in [-0.2, 0) is 0 Å². The fourth-order valence-corrected chi connectivity index (χ4v) is 2.21. The van der Waals surface area contributed by atoms with Gasteiger partial charge < -0.3 is 5.32 Å². The molecular weight excluding hydrogens is 256 g/mol. The van der Waals surface area contributed by atoms with Crippen molar-refractivity contribution in [1.82, 2.24) is 10.3 Å². The molecule has 1 N–H and O–H groups in total. The van der Waals surface area contributed by atoms with E-state index in [0.717, 1.165) is 34.8 Å². The first-order chi connectivity index (χ1) is 9.22. The lowest BCUT2D eigenvalue weighted by Gasteiger charge is -2.19. The van der Waals surface area contributed by atoms with Crippen molar-refractivity contribution in [2.75, 3.05) is 6.54 Å². The molecule has 0 saturated heterocycles. The average Bonchev–Trinajstić information content (AvgIpc) is 2.44. The topological polar surface area (TPSA) is 24.9 Å². The van der Waals surface area contributed by atoms with Gasteiger partial charge in [0, 0.05) is 11.2 Å². The van der Waals surface area contributed by atoms with Crippen LogP contribution in [0.4, 0.5) is 0 Å². The zero-order chi connectivity index (χ0) is 13.7. The van der Waals surface area contributed by atoms with Crippen LogP contribution >= 0.6 is 11.6 Å². The molecule has 1 atom stereocenters. The van der Waals surface area contributed by atoms with E-state index in [0.29, 0.717) is 0 Å². The number of aryl methyl sites for hydroxylation is 1. The smallest absolute Gasteiger partial charge is 0.0751 e. The predicted octanol–water partition coefficient (Wildman–Crippen LogP) is 4.13. The number of aromatic nitrogens is 1. The summed E-state index contributed by atoms with van der Waals surface area (Å²) in [5.74, 6) is 0. The third kappa shape index (κ3) is 3.55. The summed E-state index contributed by atoms with van der Waals surface area (Å²) in [4.78, 5) is 4.45. The number of rotatable bonds is 5. The van der Waals surface area contributed by atoms with Crippen molar-refractivity contribution in [3.8, 4) is 0 Å². The zero-order valence-electron chi connectivity index (χ0n) is 11.4. The minimum absolute atomic E-state index is 0.0965.